The van der Waals surface area contributed by atoms with E-state index in [1.54, 1.807) is 11.8 Å². The summed E-state index contributed by atoms with van der Waals surface area (Å²) in [4.78, 5) is 4.91. The SMILES string of the molecule is FC(F)(F)c1ccc(NCCSc2ccccc2)nc1. The highest BCUT2D eigenvalue weighted by Crippen LogP contribution is 2.28. The first kappa shape index (κ1) is 14.7. The molecule has 2 rings (SSSR count). The van der Waals surface area contributed by atoms with Crippen LogP contribution in [0.1, 0.15) is 5.56 Å². The molecule has 0 unspecified atom stereocenters. The predicted octanol–water partition coefficient (Wildman–Crippen LogP) is 4.30. The molecule has 0 aliphatic heterocycles. The largest absolute Gasteiger partial charge is 0.417 e. The number of nitrogens with zero attached hydrogens (tertiary/aromatic N) is 1. The highest BCUT2D eigenvalue weighted by molar-refractivity contribution is 7.99. The van der Waals surface area contributed by atoms with Crippen LogP contribution >= 0.6 is 11.8 Å². The molecule has 0 saturated carbocycles. The normalized spacial score (nSPS) is 11.3. The van der Waals surface area contributed by atoms with Gasteiger partial charge in [-0.3, -0.25) is 0 Å². The van der Waals surface area contributed by atoms with Gasteiger partial charge in [0.2, 0.25) is 0 Å². The molecule has 1 aromatic carbocycles. The Kier molecular flexibility index (Phi) is 4.89. The van der Waals surface area contributed by atoms with Gasteiger partial charge in [-0.25, -0.2) is 4.98 Å². The number of anilines is 1. The lowest BCUT2D eigenvalue weighted by atomic mass is 10.3. The minimum absolute atomic E-state index is 0.451. The lowest BCUT2D eigenvalue weighted by Gasteiger charge is -2.08. The molecule has 0 amide bonds. The molecule has 2 nitrogen and oxygen atoms in total. The third-order valence-corrected chi connectivity index (χ3v) is 3.52. The van der Waals surface area contributed by atoms with Crippen LogP contribution in [0.15, 0.2) is 53.6 Å². The summed E-state index contributed by atoms with van der Waals surface area (Å²) < 4.78 is 37.1. The fourth-order valence-corrected chi connectivity index (χ4v) is 2.32. The maximum absolute atomic E-state index is 12.4. The van der Waals surface area contributed by atoms with E-state index in [0.717, 1.165) is 22.9 Å². The molecule has 0 bridgehead atoms. The van der Waals surface area contributed by atoms with Crippen molar-refractivity contribution in [2.24, 2.45) is 0 Å². The predicted molar refractivity (Wildman–Crippen MR) is 74.9 cm³/mol. The molecule has 0 saturated heterocycles. The van der Waals surface area contributed by atoms with Crippen molar-refractivity contribution >= 4 is 17.6 Å². The standard InChI is InChI=1S/C14H13F3N2S/c15-14(16,17)11-6-7-13(19-10-11)18-8-9-20-12-4-2-1-3-5-12/h1-7,10H,8-9H2,(H,18,19). The molecular weight excluding hydrogens is 285 g/mol. The molecular formula is C14H13F3N2S. The van der Waals surface area contributed by atoms with Crippen molar-refractivity contribution in [2.45, 2.75) is 11.1 Å². The lowest BCUT2D eigenvalue weighted by Crippen LogP contribution is -2.08. The number of alkyl halides is 3. The second-order valence-corrected chi connectivity index (χ2v) is 5.19. The minimum Gasteiger partial charge on any atom is -0.369 e. The van der Waals surface area contributed by atoms with Gasteiger partial charge in [-0.1, -0.05) is 18.2 Å². The van der Waals surface area contributed by atoms with Crippen molar-refractivity contribution in [1.29, 1.82) is 0 Å². The molecule has 0 atom stereocenters. The van der Waals surface area contributed by atoms with Crippen molar-refractivity contribution in [1.82, 2.24) is 4.98 Å². The summed E-state index contributed by atoms with van der Waals surface area (Å²) in [6, 6.07) is 12.3. The molecule has 106 valence electrons. The number of rotatable bonds is 5. The van der Waals surface area contributed by atoms with Gasteiger partial charge in [0.25, 0.3) is 0 Å². The monoisotopic (exact) mass is 298 g/mol. The second-order valence-electron chi connectivity index (χ2n) is 4.02. The van der Waals surface area contributed by atoms with Gasteiger partial charge in [0.1, 0.15) is 5.82 Å². The summed E-state index contributed by atoms with van der Waals surface area (Å²) >= 11 is 1.68. The number of halogens is 3. The Hall–Kier alpha value is -1.69. The molecule has 1 heterocycles. The van der Waals surface area contributed by atoms with Gasteiger partial charge in [-0.05, 0) is 24.3 Å². The zero-order valence-electron chi connectivity index (χ0n) is 10.5. The molecule has 6 heteroatoms. The maximum atomic E-state index is 12.4. The summed E-state index contributed by atoms with van der Waals surface area (Å²) in [5.74, 6) is 1.26. The van der Waals surface area contributed by atoms with Crippen molar-refractivity contribution in [3.05, 3.63) is 54.2 Å². The van der Waals surface area contributed by atoms with Crippen molar-refractivity contribution < 1.29 is 13.2 Å². The van der Waals surface area contributed by atoms with Crippen LogP contribution in [-0.4, -0.2) is 17.3 Å². The first-order valence-corrected chi connectivity index (χ1v) is 6.99. The van der Waals surface area contributed by atoms with Gasteiger partial charge in [-0.15, -0.1) is 11.8 Å². The van der Waals surface area contributed by atoms with Gasteiger partial charge in [0.05, 0.1) is 5.56 Å². The summed E-state index contributed by atoms with van der Waals surface area (Å²) in [6.07, 6.45) is -3.50. The number of benzene rings is 1. The van der Waals surface area contributed by atoms with E-state index in [4.69, 9.17) is 0 Å². The summed E-state index contributed by atoms with van der Waals surface area (Å²) in [5.41, 5.74) is -0.735. The topological polar surface area (TPSA) is 24.9 Å². The van der Waals surface area contributed by atoms with Gasteiger partial charge in [-0.2, -0.15) is 13.2 Å². The average molecular weight is 298 g/mol. The molecule has 0 fully saturated rings. The van der Waals surface area contributed by atoms with E-state index in [2.05, 4.69) is 10.3 Å². The Morgan fingerprint density at radius 3 is 2.40 bits per heavy atom. The molecule has 2 aromatic rings. The Morgan fingerprint density at radius 2 is 1.80 bits per heavy atom. The summed E-state index contributed by atoms with van der Waals surface area (Å²) in [5, 5.41) is 2.99. The van der Waals surface area contributed by atoms with Crippen LogP contribution in [0.25, 0.3) is 0 Å². The molecule has 1 aromatic heterocycles. The third kappa shape index (κ3) is 4.45. The quantitative estimate of drug-likeness (QED) is 0.658. The van der Waals surface area contributed by atoms with E-state index in [0.29, 0.717) is 12.4 Å². The molecule has 0 radical (unpaired) electrons. The molecule has 0 aliphatic carbocycles. The van der Waals surface area contributed by atoms with Gasteiger partial charge in [0.15, 0.2) is 0 Å². The number of thioether (sulfide) groups is 1. The van der Waals surface area contributed by atoms with Crippen LogP contribution in [0.3, 0.4) is 0 Å². The Bertz CT molecular complexity index is 526. The van der Waals surface area contributed by atoms with Gasteiger partial charge < -0.3 is 5.32 Å². The molecule has 0 spiro atoms. The first-order valence-electron chi connectivity index (χ1n) is 6.01. The number of hydrogen-bond acceptors (Lipinski definition) is 3. The maximum Gasteiger partial charge on any atom is 0.417 e. The smallest absolute Gasteiger partial charge is 0.369 e. The first-order chi connectivity index (χ1) is 9.55. The zero-order valence-corrected chi connectivity index (χ0v) is 11.3. The van der Waals surface area contributed by atoms with Gasteiger partial charge in [0, 0.05) is 23.4 Å². The zero-order chi connectivity index (χ0) is 14.4. The van der Waals surface area contributed by atoms with Gasteiger partial charge >= 0.3 is 6.18 Å². The number of nitrogens with one attached hydrogen (secondary N) is 1. The van der Waals surface area contributed by atoms with E-state index < -0.39 is 11.7 Å². The number of hydrogen-bond donors (Lipinski definition) is 1. The van der Waals surface area contributed by atoms with Crippen LogP contribution in [0.5, 0.6) is 0 Å². The summed E-state index contributed by atoms with van der Waals surface area (Å²) in [6.45, 7) is 0.637. The average Bonchev–Trinajstić information content (AvgIpc) is 2.44. The summed E-state index contributed by atoms with van der Waals surface area (Å²) in [7, 11) is 0. The van der Waals surface area contributed by atoms with Crippen LogP contribution in [0.2, 0.25) is 0 Å². The van der Waals surface area contributed by atoms with E-state index in [1.165, 1.54) is 6.07 Å². The molecule has 0 aliphatic rings. The van der Waals surface area contributed by atoms with E-state index in [9.17, 15) is 13.2 Å². The van der Waals surface area contributed by atoms with Crippen molar-refractivity contribution in [3.63, 3.8) is 0 Å². The van der Waals surface area contributed by atoms with Crippen LogP contribution in [0, 0.1) is 0 Å². The highest BCUT2D eigenvalue weighted by atomic mass is 32.2. The van der Waals surface area contributed by atoms with Crippen molar-refractivity contribution in [2.75, 3.05) is 17.6 Å². The molecule has 20 heavy (non-hydrogen) atoms. The van der Waals surface area contributed by atoms with E-state index in [-0.39, 0.29) is 0 Å². The highest BCUT2D eigenvalue weighted by Gasteiger charge is 2.30. The Morgan fingerprint density at radius 1 is 1.05 bits per heavy atom. The number of pyridine rings is 1. The fourth-order valence-electron chi connectivity index (χ4n) is 1.53. The van der Waals surface area contributed by atoms with Crippen LogP contribution < -0.4 is 5.32 Å². The fraction of sp³-hybridized carbons (Fsp3) is 0.214. The third-order valence-electron chi connectivity index (χ3n) is 2.51. The molecule has 1 N–H and O–H groups in total. The lowest BCUT2D eigenvalue weighted by molar-refractivity contribution is -0.137. The van der Waals surface area contributed by atoms with Crippen LogP contribution in [0.4, 0.5) is 19.0 Å². The van der Waals surface area contributed by atoms with E-state index >= 15 is 0 Å². The number of aromatic nitrogens is 1. The van der Waals surface area contributed by atoms with E-state index in [1.807, 2.05) is 30.3 Å². The Balaban J connectivity index is 1.77. The van der Waals surface area contributed by atoms with Crippen LogP contribution in [-0.2, 0) is 6.18 Å². The van der Waals surface area contributed by atoms with Crippen molar-refractivity contribution in [3.8, 4) is 0 Å². The second kappa shape index (κ2) is 6.65. The Labute approximate surface area is 119 Å². The minimum atomic E-state index is -4.34.